The van der Waals surface area contributed by atoms with Gasteiger partial charge in [0.1, 0.15) is 0 Å². The highest BCUT2D eigenvalue weighted by molar-refractivity contribution is 7.08. The first-order valence-electron chi connectivity index (χ1n) is 5.83. The van der Waals surface area contributed by atoms with Gasteiger partial charge in [0.05, 0.1) is 5.56 Å². The maximum atomic E-state index is 12.1. The topological polar surface area (TPSA) is 46.3 Å². The van der Waals surface area contributed by atoms with Gasteiger partial charge in [-0.3, -0.25) is 4.79 Å². The Balaban J connectivity index is 1.96. The number of amides is 1. The molecule has 4 heteroatoms. The summed E-state index contributed by atoms with van der Waals surface area (Å²) >= 11 is 1.58. The van der Waals surface area contributed by atoms with Crippen LogP contribution in [-0.4, -0.2) is 30.4 Å². The van der Waals surface area contributed by atoms with Crippen molar-refractivity contribution in [2.45, 2.75) is 19.3 Å². The second-order valence-electron chi connectivity index (χ2n) is 4.35. The fraction of sp³-hybridized carbons (Fsp3) is 0.583. The summed E-state index contributed by atoms with van der Waals surface area (Å²) in [6.45, 7) is 2.51. The molecule has 16 heavy (non-hydrogen) atoms. The summed E-state index contributed by atoms with van der Waals surface area (Å²) in [4.78, 5) is 14.1. The van der Waals surface area contributed by atoms with Crippen molar-refractivity contribution < 1.29 is 4.79 Å². The Morgan fingerprint density at radius 1 is 1.62 bits per heavy atom. The molecule has 1 saturated heterocycles. The van der Waals surface area contributed by atoms with Gasteiger partial charge in [0.15, 0.2) is 0 Å². The Bertz CT molecular complexity index is 335. The van der Waals surface area contributed by atoms with Crippen LogP contribution in [0.1, 0.15) is 29.6 Å². The molecule has 88 valence electrons. The van der Waals surface area contributed by atoms with Crippen LogP contribution in [0.5, 0.6) is 0 Å². The number of hydrogen-bond donors (Lipinski definition) is 1. The van der Waals surface area contributed by atoms with Crippen LogP contribution in [0.4, 0.5) is 0 Å². The quantitative estimate of drug-likeness (QED) is 0.875. The molecule has 1 aliphatic rings. The molecule has 1 atom stereocenters. The zero-order valence-electron chi connectivity index (χ0n) is 9.39. The van der Waals surface area contributed by atoms with E-state index in [1.165, 1.54) is 6.42 Å². The molecule has 0 aromatic carbocycles. The fourth-order valence-electron chi connectivity index (χ4n) is 2.29. The van der Waals surface area contributed by atoms with E-state index in [1.807, 2.05) is 21.7 Å². The molecule has 1 fully saturated rings. The SMILES string of the molecule is NCCC1CCCN(C(=O)c2ccsc2)C1. The van der Waals surface area contributed by atoms with E-state index in [-0.39, 0.29) is 5.91 Å². The molecule has 2 N–H and O–H groups in total. The van der Waals surface area contributed by atoms with Crippen molar-refractivity contribution in [2.75, 3.05) is 19.6 Å². The molecular formula is C12H18N2OS. The van der Waals surface area contributed by atoms with E-state index in [4.69, 9.17) is 5.73 Å². The van der Waals surface area contributed by atoms with E-state index >= 15 is 0 Å². The van der Waals surface area contributed by atoms with Gasteiger partial charge < -0.3 is 10.6 Å². The van der Waals surface area contributed by atoms with Gasteiger partial charge in [0, 0.05) is 18.5 Å². The van der Waals surface area contributed by atoms with Crippen LogP contribution in [0.15, 0.2) is 16.8 Å². The Morgan fingerprint density at radius 3 is 3.19 bits per heavy atom. The summed E-state index contributed by atoms with van der Waals surface area (Å²) in [5.41, 5.74) is 6.41. The lowest BCUT2D eigenvalue weighted by Crippen LogP contribution is -2.40. The molecule has 0 bridgehead atoms. The molecule has 3 nitrogen and oxygen atoms in total. The summed E-state index contributed by atoms with van der Waals surface area (Å²) in [7, 11) is 0. The van der Waals surface area contributed by atoms with Crippen LogP contribution in [0.3, 0.4) is 0 Å². The van der Waals surface area contributed by atoms with Crippen molar-refractivity contribution in [1.82, 2.24) is 4.90 Å². The Hall–Kier alpha value is -0.870. The molecular weight excluding hydrogens is 220 g/mol. The maximum absolute atomic E-state index is 12.1. The van der Waals surface area contributed by atoms with Crippen LogP contribution in [-0.2, 0) is 0 Å². The molecule has 1 aliphatic heterocycles. The molecule has 0 saturated carbocycles. The normalized spacial score (nSPS) is 21.1. The standard InChI is InChI=1S/C12H18N2OS/c13-5-3-10-2-1-6-14(8-10)12(15)11-4-7-16-9-11/h4,7,9-10H,1-3,5-6,8,13H2. The predicted molar refractivity (Wildman–Crippen MR) is 66.6 cm³/mol. The lowest BCUT2D eigenvalue weighted by Gasteiger charge is -2.32. The zero-order chi connectivity index (χ0) is 11.4. The first-order valence-corrected chi connectivity index (χ1v) is 6.77. The molecule has 2 rings (SSSR count). The van der Waals surface area contributed by atoms with Gasteiger partial charge in [-0.2, -0.15) is 11.3 Å². The third-order valence-corrected chi connectivity index (χ3v) is 3.83. The number of likely N-dealkylation sites (tertiary alicyclic amines) is 1. The highest BCUT2D eigenvalue weighted by Gasteiger charge is 2.23. The van der Waals surface area contributed by atoms with Gasteiger partial charge in [0.2, 0.25) is 0 Å². The average molecular weight is 238 g/mol. The summed E-state index contributed by atoms with van der Waals surface area (Å²) in [6.07, 6.45) is 3.36. The highest BCUT2D eigenvalue weighted by Crippen LogP contribution is 2.21. The maximum Gasteiger partial charge on any atom is 0.254 e. The number of nitrogens with zero attached hydrogens (tertiary/aromatic N) is 1. The molecule has 1 amide bonds. The van der Waals surface area contributed by atoms with Crippen molar-refractivity contribution in [2.24, 2.45) is 11.7 Å². The molecule has 1 unspecified atom stereocenters. The highest BCUT2D eigenvalue weighted by atomic mass is 32.1. The molecule has 1 aromatic rings. The van der Waals surface area contributed by atoms with Gasteiger partial charge in [-0.05, 0) is 43.2 Å². The van der Waals surface area contributed by atoms with E-state index in [1.54, 1.807) is 11.3 Å². The molecule has 0 radical (unpaired) electrons. The number of rotatable bonds is 3. The van der Waals surface area contributed by atoms with E-state index in [0.717, 1.165) is 38.0 Å². The molecule has 2 heterocycles. The van der Waals surface area contributed by atoms with Crippen molar-refractivity contribution in [1.29, 1.82) is 0 Å². The van der Waals surface area contributed by atoms with Crippen LogP contribution >= 0.6 is 11.3 Å². The van der Waals surface area contributed by atoms with E-state index < -0.39 is 0 Å². The third kappa shape index (κ3) is 2.62. The second-order valence-corrected chi connectivity index (χ2v) is 5.13. The Labute approximate surface area is 100 Å². The largest absolute Gasteiger partial charge is 0.338 e. The first kappa shape index (κ1) is 11.6. The summed E-state index contributed by atoms with van der Waals surface area (Å²) in [6, 6.07) is 1.90. The molecule has 1 aromatic heterocycles. The van der Waals surface area contributed by atoms with Crippen molar-refractivity contribution >= 4 is 17.2 Å². The van der Waals surface area contributed by atoms with E-state index in [0.29, 0.717) is 5.92 Å². The lowest BCUT2D eigenvalue weighted by atomic mass is 9.94. The first-order chi connectivity index (χ1) is 7.81. The zero-order valence-corrected chi connectivity index (χ0v) is 10.2. The number of hydrogen-bond acceptors (Lipinski definition) is 3. The number of piperidine rings is 1. The summed E-state index contributed by atoms with van der Waals surface area (Å²) in [5, 5.41) is 3.88. The van der Waals surface area contributed by atoms with E-state index in [2.05, 4.69) is 0 Å². The predicted octanol–water partition coefficient (Wildman–Crippen LogP) is 1.95. The smallest absolute Gasteiger partial charge is 0.254 e. The molecule has 0 spiro atoms. The number of nitrogens with two attached hydrogens (primary N) is 1. The average Bonchev–Trinajstić information content (AvgIpc) is 2.82. The van der Waals surface area contributed by atoms with E-state index in [9.17, 15) is 4.79 Å². The summed E-state index contributed by atoms with van der Waals surface area (Å²) < 4.78 is 0. The van der Waals surface area contributed by atoms with Crippen molar-refractivity contribution in [3.8, 4) is 0 Å². The van der Waals surface area contributed by atoms with Crippen molar-refractivity contribution in [3.05, 3.63) is 22.4 Å². The van der Waals surface area contributed by atoms with Gasteiger partial charge in [-0.15, -0.1) is 0 Å². The van der Waals surface area contributed by atoms with Gasteiger partial charge in [-0.25, -0.2) is 0 Å². The van der Waals surface area contributed by atoms with Gasteiger partial charge in [-0.1, -0.05) is 0 Å². The summed E-state index contributed by atoms with van der Waals surface area (Å²) in [5.74, 6) is 0.782. The fourth-order valence-corrected chi connectivity index (χ4v) is 2.92. The van der Waals surface area contributed by atoms with Gasteiger partial charge in [0.25, 0.3) is 5.91 Å². The second kappa shape index (κ2) is 5.46. The number of thiophene rings is 1. The Morgan fingerprint density at radius 2 is 2.50 bits per heavy atom. The van der Waals surface area contributed by atoms with Crippen molar-refractivity contribution in [3.63, 3.8) is 0 Å². The van der Waals surface area contributed by atoms with Crippen LogP contribution in [0.2, 0.25) is 0 Å². The Kier molecular flexibility index (Phi) is 3.96. The van der Waals surface area contributed by atoms with Gasteiger partial charge >= 0.3 is 0 Å². The van der Waals surface area contributed by atoms with Crippen LogP contribution in [0, 0.1) is 5.92 Å². The third-order valence-electron chi connectivity index (χ3n) is 3.15. The lowest BCUT2D eigenvalue weighted by molar-refractivity contribution is 0.0670. The minimum absolute atomic E-state index is 0.183. The minimum Gasteiger partial charge on any atom is -0.338 e. The number of carbonyl (C=O) groups excluding carboxylic acids is 1. The van der Waals surface area contributed by atoms with Crippen LogP contribution in [0.25, 0.3) is 0 Å². The monoisotopic (exact) mass is 238 g/mol. The minimum atomic E-state index is 0.183. The van der Waals surface area contributed by atoms with Crippen LogP contribution < -0.4 is 5.73 Å². The molecule has 0 aliphatic carbocycles. The number of carbonyl (C=O) groups is 1.